The summed E-state index contributed by atoms with van der Waals surface area (Å²) in [5, 5.41) is 13.4. The topological polar surface area (TPSA) is 89.9 Å². The monoisotopic (exact) mass is 537 g/mol. The van der Waals surface area contributed by atoms with Crippen LogP contribution in [0.3, 0.4) is 0 Å². The van der Waals surface area contributed by atoms with E-state index in [1.54, 1.807) is 54.0 Å². The number of hydrogen-bond donors (Lipinski definition) is 2. The molecule has 3 amide bonds. The van der Waals surface area contributed by atoms with Crippen molar-refractivity contribution < 1.29 is 19.5 Å². The Balaban J connectivity index is 1.32. The molecule has 5 rings (SSSR count). The number of amides is 3. The Morgan fingerprint density at radius 2 is 1.95 bits per heavy atom. The van der Waals surface area contributed by atoms with Crippen molar-refractivity contribution in [1.29, 1.82) is 0 Å². The third-order valence-corrected chi connectivity index (χ3v) is 8.20. The lowest BCUT2D eigenvalue weighted by Crippen LogP contribution is -2.49. The molecule has 3 heterocycles. The van der Waals surface area contributed by atoms with Crippen molar-refractivity contribution >= 4 is 52.0 Å². The number of fused-ring (bicyclic) bond motifs is 1. The molecule has 3 aromatic rings. The van der Waals surface area contributed by atoms with Gasteiger partial charge < -0.3 is 20.2 Å². The van der Waals surface area contributed by atoms with Gasteiger partial charge in [0.15, 0.2) is 0 Å². The van der Waals surface area contributed by atoms with Gasteiger partial charge >= 0.3 is 0 Å². The van der Waals surface area contributed by atoms with Gasteiger partial charge in [0.05, 0.1) is 20.7 Å². The normalized spacial score (nSPS) is 17.8. The van der Waals surface area contributed by atoms with Crippen molar-refractivity contribution in [3.05, 3.63) is 80.5 Å². The second-order valence-electron chi connectivity index (χ2n) is 10.1. The lowest BCUT2D eigenvalue weighted by atomic mass is 9.83. The number of thiophene rings is 1. The SMILES string of the molecule is CC(C)(O)C1CCCN(c2cccc(CN3Cc4c(NC(=O)c5ccc(Cl)s5)cccc4C3=O)c2)C1=O. The standard InChI is InChI=1S/C28H28ClN3O4S/c1-28(2,36)21-9-5-13-32(27(21)35)18-7-3-6-17(14-18)15-31-16-20-19(26(31)34)8-4-10-22(20)30-25(33)23-11-12-24(29)37-23/h3-4,6-8,10-12,14,21,36H,5,9,13,15-16H2,1-2H3,(H,30,33). The number of anilines is 2. The van der Waals surface area contributed by atoms with Crippen LogP contribution in [0.2, 0.25) is 4.34 Å². The molecular weight excluding hydrogens is 510 g/mol. The maximum Gasteiger partial charge on any atom is 0.265 e. The molecule has 7 nitrogen and oxygen atoms in total. The van der Waals surface area contributed by atoms with Crippen LogP contribution in [0.4, 0.5) is 11.4 Å². The molecule has 1 saturated heterocycles. The fourth-order valence-corrected chi connectivity index (χ4v) is 6.02. The minimum Gasteiger partial charge on any atom is -0.390 e. The van der Waals surface area contributed by atoms with Gasteiger partial charge in [0.1, 0.15) is 0 Å². The maximum atomic E-state index is 13.2. The summed E-state index contributed by atoms with van der Waals surface area (Å²) in [6.07, 6.45) is 1.48. The van der Waals surface area contributed by atoms with Gasteiger partial charge in [-0.3, -0.25) is 14.4 Å². The number of carbonyl (C=O) groups is 3. The highest BCUT2D eigenvalue weighted by Crippen LogP contribution is 2.34. The molecular formula is C28H28ClN3O4S. The second kappa shape index (κ2) is 9.93. The Bertz CT molecular complexity index is 1380. The van der Waals surface area contributed by atoms with Gasteiger partial charge in [0.25, 0.3) is 11.8 Å². The summed E-state index contributed by atoms with van der Waals surface area (Å²) in [6.45, 7) is 4.69. The minimum atomic E-state index is -1.08. The van der Waals surface area contributed by atoms with E-state index in [0.29, 0.717) is 46.5 Å². The van der Waals surface area contributed by atoms with E-state index >= 15 is 0 Å². The van der Waals surface area contributed by atoms with Crippen LogP contribution in [0.15, 0.2) is 54.6 Å². The molecule has 2 aromatic carbocycles. The van der Waals surface area contributed by atoms with E-state index in [2.05, 4.69) is 5.32 Å². The van der Waals surface area contributed by atoms with Crippen LogP contribution in [0, 0.1) is 5.92 Å². The Kier molecular flexibility index (Phi) is 6.83. The smallest absolute Gasteiger partial charge is 0.265 e. The molecule has 9 heteroatoms. The number of halogens is 1. The van der Waals surface area contributed by atoms with Gasteiger partial charge in [-0.05, 0) is 68.7 Å². The number of nitrogens with zero attached hydrogens (tertiary/aromatic N) is 2. The largest absolute Gasteiger partial charge is 0.390 e. The fraction of sp³-hybridized carbons (Fsp3) is 0.321. The van der Waals surface area contributed by atoms with Crippen LogP contribution in [0.25, 0.3) is 0 Å². The number of aliphatic hydroxyl groups is 1. The van der Waals surface area contributed by atoms with E-state index in [9.17, 15) is 19.5 Å². The number of piperidine rings is 1. The van der Waals surface area contributed by atoms with E-state index in [-0.39, 0.29) is 17.7 Å². The van der Waals surface area contributed by atoms with Crippen molar-refractivity contribution in [3.63, 3.8) is 0 Å². The average molecular weight is 538 g/mol. The van der Waals surface area contributed by atoms with Crippen LogP contribution in [-0.2, 0) is 17.9 Å². The van der Waals surface area contributed by atoms with Gasteiger partial charge in [-0.25, -0.2) is 0 Å². The predicted octanol–water partition coefficient (Wildman–Crippen LogP) is 5.32. The highest BCUT2D eigenvalue weighted by molar-refractivity contribution is 7.18. The molecule has 1 fully saturated rings. The van der Waals surface area contributed by atoms with E-state index < -0.39 is 11.5 Å². The number of benzene rings is 2. The molecule has 192 valence electrons. The Hall–Kier alpha value is -3.20. The van der Waals surface area contributed by atoms with Crippen LogP contribution in [0.5, 0.6) is 0 Å². The molecule has 2 aliphatic rings. The number of nitrogens with one attached hydrogen (secondary N) is 1. The zero-order valence-electron chi connectivity index (χ0n) is 20.7. The van der Waals surface area contributed by atoms with Crippen molar-refractivity contribution in [3.8, 4) is 0 Å². The highest BCUT2D eigenvalue weighted by Gasteiger charge is 2.39. The first-order valence-electron chi connectivity index (χ1n) is 12.2. The van der Waals surface area contributed by atoms with E-state index in [4.69, 9.17) is 11.6 Å². The van der Waals surface area contributed by atoms with E-state index in [1.807, 2.05) is 24.3 Å². The van der Waals surface area contributed by atoms with Crippen LogP contribution >= 0.6 is 22.9 Å². The minimum absolute atomic E-state index is 0.0760. The molecule has 0 bridgehead atoms. The first-order chi connectivity index (χ1) is 17.6. The molecule has 1 aromatic heterocycles. The molecule has 2 aliphatic heterocycles. The fourth-order valence-electron chi connectivity index (χ4n) is 5.09. The molecule has 0 spiro atoms. The summed E-state index contributed by atoms with van der Waals surface area (Å²) in [4.78, 5) is 43.0. The van der Waals surface area contributed by atoms with Crippen molar-refractivity contribution in [2.75, 3.05) is 16.8 Å². The second-order valence-corrected chi connectivity index (χ2v) is 11.8. The molecule has 0 aliphatic carbocycles. The van der Waals surface area contributed by atoms with Gasteiger partial charge in [-0.15, -0.1) is 11.3 Å². The molecule has 0 radical (unpaired) electrons. The van der Waals surface area contributed by atoms with Gasteiger partial charge in [-0.2, -0.15) is 0 Å². The summed E-state index contributed by atoms with van der Waals surface area (Å²) in [6, 6.07) is 16.3. The lowest BCUT2D eigenvalue weighted by Gasteiger charge is -2.38. The third kappa shape index (κ3) is 5.14. The van der Waals surface area contributed by atoms with E-state index in [1.165, 1.54) is 11.3 Å². The van der Waals surface area contributed by atoms with Crippen LogP contribution in [-0.4, -0.2) is 39.9 Å². The summed E-state index contributed by atoms with van der Waals surface area (Å²) in [7, 11) is 0. The number of carbonyl (C=O) groups excluding carboxylic acids is 3. The van der Waals surface area contributed by atoms with Gasteiger partial charge in [0, 0.05) is 42.1 Å². The number of rotatable bonds is 6. The Morgan fingerprint density at radius 1 is 1.16 bits per heavy atom. The van der Waals surface area contributed by atoms with E-state index in [0.717, 1.165) is 23.2 Å². The summed E-state index contributed by atoms with van der Waals surface area (Å²) >= 11 is 7.17. The average Bonchev–Trinajstić information content (AvgIpc) is 3.43. The predicted molar refractivity (Wildman–Crippen MR) is 145 cm³/mol. The first kappa shape index (κ1) is 25.4. The van der Waals surface area contributed by atoms with Crippen molar-refractivity contribution in [1.82, 2.24) is 4.90 Å². The summed E-state index contributed by atoms with van der Waals surface area (Å²) < 4.78 is 0.536. The summed E-state index contributed by atoms with van der Waals surface area (Å²) in [5.41, 5.74) is 2.53. The van der Waals surface area contributed by atoms with Crippen molar-refractivity contribution in [2.45, 2.75) is 45.4 Å². The molecule has 2 N–H and O–H groups in total. The highest BCUT2D eigenvalue weighted by atomic mass is 35.5. The number of hydrogen-bond acceptors (Lipinski definition) is 5. The zero-order valence-corrected chi connectivity index (χ0v) is 22.2. The molecule has 1 atom stereocenters. The molecule has 37 heavy (non-hydrogen) atoms. The zero-order chi connectivity index (χ0) is 26.3. The summed E-state index contributed by atoms with van der Waals surface area (Å²) in [5.74, 6) is -0.891. The molecule has 1 unspecified atom stereocenters. The molecule has 0 saturated carbocycles. The van der Waals surface area contributed by atoms with Crippen LogP contribution in [0.1, 0.15) is 57.8 Å². The van der Waals surface area contributed by atoms with Gasteiger partial charge in [-0.1, -0.05) is 29.8 Å². The Labute approximate surface area is 224 Å². The third-order valence-electron chi connectivity index (χ3n) is 6.97. The van der Waals surface area contributed by atoms with Crippen molar-refractivity contribution in [2.24, 2.45) is 5.92 Å². The Morgan fingerprint density at radius 3 is 2.68 bits per heavy atom. The first-order valence-corrected chi connectivity index (χ1v) is 13.4. The van der Waals surface area contributed by atoms with Crippen LogP contribution < -0.4 is 10.2 Å². The lowest BCUT2D eigenvalue weighted by molar-refractivity contribution is -0.131. The quantitative estimate of drug-likeness (QED) is 0.445. The van der Waals surface area contributed by atoms with Gasteiger partial charge in [0.2, 0.25) is 5.91 Å². The maximum absolute atomic E-state index is 13.2.